The fraction of sp³-hybridized carbons (Fsp3) is 0.278. The minimum atomic E-state index is -0.437. The first-order valence-corrected chi connectivity index (χ1v) is 7.35. The molecule has 2 aromatic carbocycles. The van der Waals surface area contributed by atoms with Crippen LogP contribution in [-0.4, -0.2) is 20.1 Å². The van der Waals surface area contributed by atoms with Gasteiger partial charge in [0, 0.05) is 13.0 Å². The Kier molecular flexibility index (Phi) is 5.97. The Labute approximate surface area is 135 Å². The number of rotatable bonds is 7. The smallest absolute Gasteiger partial charge is 0.220 e. The molecule has 4 nitrogen and oxygen atoms in total. The molecular weight excluding hydrogens is 297 g/mol. The molecule has 0 aromatic heterocycles. The van der Waals surface area contributed by atoms with Crippen LogP contribution in [0.3, 0.4) is 0 Å². The van der Waals surface area contributed by atoms with Crippen molar-refractivity contribution < 1.29 is 18.7 Å². The van der Waals surface area contributed by atoms with E-state index in [-0.39, 0.29) is 18.2 Å². The Bertz CT molecular complexity index is 673. The summed E-state index contributed by atoms with van der Waals surface area (Å²) in [5.74, 6) is 0.439. The molecule has 0 aliphatic rings. The van der Waals surface area contributed by atoms with Crippen LogP contribution in [0.15, 0.2) is 42.5 Å². The first-order chi connectivity index (χ1) is 11.1. The number of carbonyl (C=O) groups excluding carboxylic acids is 1. The standard InChI is InChI=1S/C18H20FNO3/c1-22-16-6-4-3-5-14(16)8-10-18(21)20-12-13-7-9-17(23-2)15(19)11-13/h3-7,9,11H,8,10,12H2,1-2H3,(H,20,21). The van der Waals surface area contributed by atoms with Crippen molar-refractivity contribution in [3.8, 4) is 11.5 Å². The number of ether oxygens (including phenoxy) is 2. The SMILES string of the molecule is COc1ccc(CNC(=O)CCc2ccccc2OC)cc1F. The van der Waals surface area contributed by atoms with Gasteiger partial charge in [-0.1, -0.05) is 24.3 Å². The Morgan fingerprint density at radius 1 is 1.09 bits per heavy atom. The Morgan fingerprint density at radius 3 is 2.52 bits per heavy atom. The number of aryl methyl sites for hydroxylation is 1. The second-order valence-electron chi connectivity index (χ2n) is 5.06. The van der Waals surface area contributed by atoms with Crippen LogP contribution in [-0.2, 0) is 17.8 Å². The van der Waals surface area contributed by atoms with E-state index in [1.165, 1.54) is 13.2 Å². The molecule has 0 unspecified atom stereocenters. The fourth-order valence-corrected chi connectivity index (χ4v) is 2.27. The Morgan fingerprint density at radius 2 is 1.83 bits per heavy atom. The number of carbonyl (C=O) groups is 1. The number of benzene rings is 2. The number of para-hydroxylation sites is 1. The number of hydrogen-bond acceptors (Lipinski definition) is 3. The summed E-state index contributed by atoms with van der Waals surface area (Å²) in [5, 5.41) is 2.78. The molecule has 2 rings (SSSR count). The van der Waals surface area contributed by atoms with Gasteiger partial charge in [0.05, 0.1) is 14.2 Å². The molecular formula is C18H20FNO3. The summed E-state index contributed by atoms with van der Waals surface area (Å²) in [4.78, 5) is 11.9. The molecule has 0 fully saturated rings. The van der Waals surface area contributed by atoms with Crippen LogP contribution in [0.25, 0.3) is 0 Å². The van der Waals surface area contributed by atoms with Gasteiger partial charge in [0.15, 0.2) is 11.6 Å². The summed E-state index contributed by atoms with van der Waals surface area (Å²) < 4.78 is 23.7. The lowest BCUT2D eigenvalue weighted by Gasteiger charge is -2.09. The third kappa shape index (κ3) is 4.71. The largest absolute Gasteiger partial charge is 0.496 e. The van der Waals surface area contributed by atoms with Gasteiger partial charge in [0.1, 0.15) is 5.75 Å². The summed E-state index contributed by atoms with van der Waals surface area (Å²) in [6, 6.07) is 12.2. The summed E-state index contributed by atoms with van der Waals surface area (Å²) >= 11 is 0. The van der Waals surface area contributed by atoms with Crippen LogP contribution in [0, 0.1) is 5.82 Å². The molecule has 0 saturated carbocycles. The highest BCUT2D eigenvalue weighted by Gasteiger charge is 2.07. The highest BCUT2D eigenvalue weighted by atomic mass is 19.1. The number of nitrogens with one attached hydrogen (secondary N) is 1. The molecule has 0 saturated heterocycles. The van der Waals surface area contributed by atoms with Gasteiger partial charge in [-0.05, 0) is 35.7 Å². The highest BCUT2D eigenvalue weighted by molar-refractivity contribution is 5.76. The predicted octanol–water partition coefficient (Wildman–Crippen LogP) is 3.09. The Hall–Kier alpha value is -2.56. The highest BCUT2D eigenvalue weighted by Crippen LogP contribution is 2.19. The van der Waals surface area contributed by atoms with Crippen molar-refractivity contribution >= 4 is 5.91 Å². The number of hydrogen-bond donors (Lipinski definition) is 1. The normalized spacial score (nSPS) is 10.2. The lowest BCUT2D eigenvalue weighted by molar-refractivity contribution is -0.121. The van der Waals surface area contributed by atoms with Crippen LogP contribution >= 0.6 is 0 Å². The van der Waals surface area contributed by atoms with Gasteiger partial charge >= 0.3 is 0 Å². The maximum atomic E-state index is 13.6. The molecule has 0 spiro atoms. The zero-order valence-electron chi connectivity index (χ0n) is 13.3. The zero-order chi connectivity index (χ0) is 16.7. The van der Waals surface area contributed by atoms with Gasteiger partial charge in [-0.15, -0.1) is 0 Å². The van der Waals surface area contributed by atoms with Crippen molar-refractivity contribution in [2.24, 2.45) is 0 Å². The third-order valence-corrected chi connectivity index (χ3v) is 3.52. The van der Waals surface area contributed by atoms with Gasteiger partial charge in [0.2, 0.25) is 5.91 Å². The minimum Gasteiger partial charge on any atom is -0.496 e. The molecule has 0 bridgehead atoms. The monoisotopic (exact) mass is 317 g/mol. The van der Waals surface area contributed by atoms with E-state index in [1.54, 1.807) is 19.2 Å². The van der Waals surface area contributed by atoms with E-state index in [0.717, 1.165) is 11.3 Å². The van der Waals surface area contributed by atoms with E-state index in [2.05, 4.69) is 5.32 Å². The topological polar surface area (TPSA) is 47.6 Å². The molecule has 1 N–H and O–H groups in total. The lowest BCUT2D eigenvalue weighted by Crippen LogP contribution is -2.23. The molecule has 122 valence electrons. The predicted molar refractivity (Wildman–Crippen MR) is 86.1 cm³/mol. The molecule has 2 aromatic rings. The van der Waals surface area contributed by atoms with Crippen molar-refractivity contribution in [1.82, 2.24) is 5.32 Å². The first-order valence-electron chi connectivity index (χ1n) is 7.35. The van der Waals surface area contributed by atoms with Crippen LogP contribution in [0.4, 0.5) is 4.39 Å². The molecule has 0 aliphatic carbocycles. The van der Waals surface area contributed by atoms with Crippen molar-refractivity contribution in [2.45, 2.75) is 19.4 Å². The van der Waals surface area contributed by atoms with Gasteiger partial charge in [-0.25, -0.2) is 4.39 Å². The third-order valence-electron chi connectivity index (χ3n) is 3.52. The summed E-state index contributed by atoms with van der Waals surface area (Å²) in [6.07, 6.45) is 0.936. The molecule has 0 radical (unpaired) electrons. The van der Waals surface area contributed by atoms with E-state index >= 15 is 0 Å². The molecule has 0 heterocycles. The van der Waals surface area contributed by atoms with Crippen molar-refractivity contribution in [3.05, 3.63) is 59.4 Å². The van der Waals surface area contributed by atoms with E-state index in [0.29, 0.717) is 18.4 Å². The van der Waals surface area contributed by atoms with E-state index in [9.17, 15) is 9.18 Å². The van der Waals surface area contributed by atoms with Crippen molar-refractivity contribution in [1.29, 1.82) is 0 Å². The molecule has 5 heteroatoms. The quantitative estimate of drug-likeness (QED) is 0.853. The second kappa shape index (κ2) is 8.17. The number of methoxy groups -OCH3 is 2. The van der Waals surface area contributed by atoms with E-state index in [1.807, 2.05) is 24.3 Å². The average Bonchev–Trinajstić information content (AvgIpc) is 2.58. The van der Waals surface area contributed by atoms with E-state index < -0.39 is 5.82 Å². The number of amides is 1. The van der Waals surface area contributed by atoms with Crippen LogP contribution in [0.5, 0.6) is 11.5 Å². The maximum absolute atomic E-state index is 13.6. The Balaban J connectivity index is 1.84. The molecule has 0 atom stereocenters. The lowest BCUT2D eigenvalue weighted by atomic mass is 10.1. The minimum absolute atomic E-state index is 0.0906. The van der Waals surface area contributed by atoms with Gasteiger partial charge in [-0.3, -0.25) is 4.79 Å². The zero-order valence-corrected chi connectivity index (χ0v) is 13.3. The van der Waals surface area contributed by atoms with E-state index in [4.69, 9.17) is 9.47 Å². The molecule has 23 heavy (non-hydrogen) atoms. The van der Waals surface area contributed by atoms with Gasteiger partial charge in [-0.2, -0.15) is 0 Å². The average molecular weight is 317 g/mol. The summed E-state index contributed by atoms with van der Waals surface area (Å²) in [7, 11) is 3.02. The number of halogens is 1. The second-order valence-corrected chi connectivity index (χ2v) is 5.06. The van der Waals surface area contributed by atoms with Crippen molar-refractivity contribution in [3.63, 3.8) is 0 Å². The van der Waals surface area contributed by atoms with Crippen LogP contribution < -0.4 is 14.8 Å². The van der Waals surface area contributed by atoms with Gasteiger partial charge in [0.25, 0.3) is 0 Å². The van der Waals surface area contributed by atoms with Crippen LogP contribution in [0.2, 0.25) is 0 Å². The first kappa shape index (κ1) is 16.8. The van der Waals surface area contributed by atoms with Crippen molar-refractivity contribution in [2.75, 3.05) is 14.2 Å². The summed E-state index contributed by atoms with van der Waals surface area (Å²) in [6.45, 7) is 0.283. The van der Waals surface area contributed by atoms with Crippen LogP contribution in [0.1, 0.15) is 17.5 Å². The fourth-order valence-electron chi connectivity index (χ4n) is 2.27. The van der Waals surface area contributed by atoms with Gasteiger partial charge < -0.3 is 14.8 Å². The summed E-state index contributed by atoms with van der Waals surface area (Å²) in [5.41, 5.74) is 1.68. The molecule has 1 amide bonds. The molecule has 0 aliphatic heterocycles. The maximum Gasteiger partial charge on any atom is 0.220 e.